The molecule has 1 aliphatic rings. The molecular formula is C9H14N4O2. The van der Waals surface area contributed by atoms with Crippen LogP contribution in [0.3, 0.4) is 0 Å². The van der Waals surface area contributed by atoms with Crippen molar-refractivity contribution in [2.75, 3.05) is 13.2 Å². The van der Waals surface area contributed by atoms with Crippen molar-refractivity contribution in [1.29, 1.82) is 0 Å². The van der Waals surface area contributed by atoms with Gasteiger partial charge in [0.25, 0.3) is 0 Å². The number of rotatable bonds is 3. The predicted octanol–water partition coefficient (Wildman–Crippen LogP) is -0.252. The number of hydrogen-bond acceptors (Lipinski definition) is 5. The second-order valence-corrected chi connectivity index (χ2v) is 4.01. The molecule has 0 radical (unpaired) electrons. The summed E-state index contributed by atoms with van der Waals surface area (Å²) >= 11 is 0. The first-order valence-corrected chi connectivity index (χ1v) is 5.01. The first-order chi connectivity index (χ1) is 7.24. The number of ether oxygens (including phenoxy) is 1. The Bertz CT molecular complexity index is 344. The molecule has 1 unspecified atom stereocenters. The first-order valence-electron chi connectivity index (χ1n) is 5.01. The number of aromatic nitrogens is 4. The molecule has 0 N–H and O–H groups in total. The maximum absolute atomic E-state index is 11.1. The van der Waals surface area contributed by atoms with Gasteiger partial charge in [0.2, 0.25) is 0 Å². The fraction of sp³-hybridized carbons (Fsp3) is 0.778. The van der Waals surface area contributed by atoms with Gasteiger partial charge in [-0.25, -0.2) is 0 Å². The number of aryl methyl sites for hydroxylation is 1. The number of carbonyl (C=O) groups is 1. The Kier molecular flexibility index (Phi) is 2.77. The third-order valence-electron chi connectivity index (χ3n) is 2.66. The Morgan fingerprint density at radius 2 is 2.53 bits per heavy atom. The minimum Gasteiger partial charge on any atom is -0.380 e. The SMILES string of the molecule is Cn1nnc(CC2(C=O)CCCOC2)n1. The Hall–Kier alpha value is -1.30. The Balaban J connectivity index is 2.10. The predicted molar refractivity (Wildman–Crippen MR) is 51.1 cm³/mol. The zero-order valence-corrected chi connectivity index (χ0v) is 8.72. The van der Waals surface area contributed by atoms with E-state index in [1.54, 1.807) is 7.05 Å². The van der Waals surface area contributed by atoms with Gasteiger partial charge in [-0.1, -0.05) is 0 Å². The van der Waals surface area contributed by atoms with Crippen molar-refractivity contribution in [2.45, 2.75) is 19.3 Å². The van der Waals surface area contributed by atoms with Crippen LogP contribution in [0.1, 0.15) is 18.7 Å². The van der Waals surface area contributed by atoms with E-state index in [1.807, 2.05) is 0 Å². The van der Waals surface area contributed by atoms with Crippen LogP contribution in [0.15, 0.2) is 0 Å². The molecule has 6 heteroatoms. The maximum atomic E-state index is 11.1. The lowest BCUT2D eigenvalue weighted by Gasteiger charge is -2.30. The summed E-state index contributed by atoms with van der Waals surface area (Å²) in [4.78, 5) is 12.5. The molecule has 0 saturated carbocycles. The highest BCUT2D eigenvalue weighted by atomic mass is 16.5. The minimum absolute atomic E-state index is 0.443. The third-order valence-corrected chi connectivity index (χ3v) is 2.66. The van der Waals surface area contributed by atoms with E-state index in [0.717, 1.165) is 25.7 Å². The summed E-state index contributed by atoms with van der Waals surface area (Å²) in [5.41, 5.74) is -0.443. The molecule has 1 aromatic heterocycles. The van der Waals surface area contributed by atoms with Crippen molar-refractivity contribution < 1.29 is 9.53 Å². The molecule has 1 saturated heterocycles. The highest BCUT2D eigenvalue weighted by molar-refractivity contribution is 5.60. The largest absolute Gasteiger partial charge is 0.380 e. The molecule has 2 heterocycles. The van der Waals surface area contributed by atoms with Crippen molar-refractivity contribution in [3.05, 3.63) is 5.82 Å². The van der Waals surface area contributed by atoms with Crippen LogP contribution in [0.5, 0.6) is 0 Å². The summed E-state index contributed by atoms with van der Waals surface area (Å²) in [7, 11) is 1.71. The normalized spacial score (nSPS) is 26.5. The summed E-state index contributed by atoms with van der Waals surface area (Å²) in [6, 6.07) is 0. The van der Waals surface area contributed by atoms with E-state index in [1.165, 1.54) is 4.80 Å². The summed E-state index contributed by atoms with van der Waals surface area (Å²) in [5.74, 6) is 0.607. The lowest BCUT2D eigenvalue weighted by atomic mass is 9.81. The van der Waals surface area contributed by atoms with Crippen molar-refractivity contribution >= 4 is 6.29 Å². The van der Waals surface area contributed by atoms with E-state index in [2.05, 4.69) is 15.4 Å². The number of hydrogen-bond donors (Lipinski definition) is 0. The third kappa shape index (κ3) is 2.20. The van der Waals surface area contributed by atoms with E-state index in [9.17, 15) is 4.79 Å². The molecule has 0 bridgehead atoms. The van der Waals surface area contributed by atoms with E-state index < -0.39 is 5.41 Å². The van der Waals surface area contributed by atoms with Crippen LogP contribution in [0.25, 0.3) is 0 Å². The number of carbonyl (C=O) groups excluding carboxylic acids is 1. The topological polar surface area (TPSA) is 69.9 Å². The van der Waals surface area contributed by atoms with Crippen LogP contribution in [0.2, 0.25) is 0 Å². The average molecular weight is 210 g/mol. The first kappa shape index (κ1) is 10.2. The molecule has 0 amide bonds. The quantitative estimate of drug-likeness (QED) is 0.643. The lowest BCUT2D eigenvalue weighted by molar-refractivity contribution is -0.123. The van der Waals surface area contributed by atoms with Crippen LogP contribution in [-0.2, 0) is 23.0 Å². The van der Waals surface area contributed by atoms with Gasteiger partial charge in [-0.2, -0.15) is 4.80 Å². The molecular weight excluding hydrogens is 196 g/mol. The van der Waals surface area contributed by atoms with Gasteiger partial charge in [0.1, 0.15) is 6.29 Å². The van der Waals surface area contributed by atoms with Crippen LogP contribution < -0.4 is 0 Å². The summed E-state index contributed by atoms with van der Waals surface area (Å²) in [6.07, 6.45) is 3.25. The highest BCUT2D eigenvalue weighted by Crippen LogP contribution is 2.29. The molecule has 0 spiro atoms. The van der Waals surface area contributed by atoms with Crippen LogP contribution in [0, 0.1) is 5.41 Å². The number of aldehydes is 1. The monoisotopic (exact) mass is 210 g/mol. The van der Waals surface area contributed by atoms with Gasteiger partial charge in [-0.15, -0.1) is 10.2 Å². The second kappa shape index (κ2) is 4.06. The van der Waals surface area contributed by atoms with E-state index >= 15 is 0 Å². The van der Waals surface area contributed by atoms with E-state index in [-0.39, 0.29) is 0 Å². The van der Waals surface area contributed by atoms with Gasteiger partial charge in [0.15, 0.2) is 5.82 Å². The van der Waals surface area contributed by atoms with Gasteiger partial charge < -0.3 is 9.53 Å². The van der Waals surface area contributed by atoms with Crippen LogP contribution >= 0.6 is 0 Å². The smallest absolute Gasteiger partial charge is 0.175 e. The van der Waals surface area contributed by atoms with Crippen LogP contribution in [-0.4, -0.2) is 39.7 Å². The van der Waals surface area contributed by atoms with Gasteiger partial charge in [0, 0.05) is 13.0 Å². The summed E-state index contributed by atoms with van der Waals surface area (Å²) < 4.78 is 5.34. The van der Waals surface area contributed by atoms with Gasteiger partial charge in [0.05, 0.1) is 19.1 Å². The number of tetrazole rings is 1. The number of nitrogens with zero attached hydrogens (tertiary/aromatic N) is 4. The zero-order valence-electron chi connectivity index (χ0n) is 8.72. The van der Waals surface area contributed by atoms with Crippen molar-refractivity contribution in [3.8, 4) is 0 Å². The highest BCUT2D eigenvalue weighted by Gasteiger charge is 2.34. The molecule has 1 atom stereocenters. The second-order valence-electron chi connectivity index (χ2n) is 4.01. The summed E-state index contributed by atoms with van der Waals surface area (Å²) in [6.45, 7) is 1.21. The lowest BCUT2D eigenvalue weighted by Crippen LogP contribution is -2.35. The molecule has 15 heavy (non-hydrogen) atoms. The molecule has 0 aliphatic carbocycles. The zero-order chi connectivity index (χ0) is 10.7. The van der Waals surface area contributed by atoms with Crippen molar-refractivity contribution in [3.63, 3.8) is 0 Å². The Morgan fingerprint density at radius 3 is 3.07 bits per heavy atom. The molecule has 0 aromatic carbocycles. The average Bonchev–Trinajstić information content (AvgIpc) is 2.65. The molecule has 82 valence electrons. The van der Waals surface area contributed by atoms with E-state index in [4.69, 9.17) is 4.74 Å². The standard InChI is InChI=1S/C9H14N4O2/c1-13-11-8(10-12-13)5-9(6-14)3-2-4-15-7-9/h6H,2-5,7H2,1H3. The molecule has 2 rings (SSSR count). The van der Waals surface area contributed by atoms with Gasteiger partial charge in [-0.05, 0) is 18.1 Å². The van der Waals surface area contributed by atoms with Crippen LogP contribution in [0.4, 0.5) is 0 Å². The molecule has 1 aromatic rings. The van der Waals surface area contributed by atoms with Gasteiger partial charge in [-0.3, -0.25) is 0 Å². The fourth-order valence-corrected chi connectivity index (χ4v) is 1.86. The Morgan fingerprint density at radius 1 is 1.67 bits per heavy atom. The fourth-order valence-electron chi connectivity index (χ4n) is 1.86. The van der Waals surface area contributed by atoms with Gasteiger partial charge >= 0.3 is 0 Å². The minimum atomic E-state index is -0.443. The molecule has 1 aliphatic heterocycles. The van der Waals surface area contributed by atoms with Crippen molar-refractivity contribution in [2.24, 2.45) is 12.5 Å². The van der Waals surface area contributed by atoms with Crippen molar-refractivity contribution in [1.82, 2.24) is 20.2 Å². The molecule has 1 fully saturated rings. The molecule has 6 nitrogen and oxygen atoms in total. The Labute approximate surface area is 87.6 Å². The van der Waals surface area contributed by atoms with E-state index in [0.29, 0.717) is 18.9 Å². The summed E-state index contributed by atoms with van der Waals surface area (Å²) in [5, 5.41) is 11.7. The maximum Gasteiger partial charge on any atom is 0.175 e.